The number of rotatable bonds is 1. The number of aryl methyl sites for hydroxylation is 1. The highest BCUT2D eigenvalue weighted by Crippen LogP contribution is 2.17. The van der Waals surface area contributed by atoms with Crippen molar-refractivity contribution >= 4 is 22.6 Å². The largest absolute Gasteiger partial charge is 0.252 e. The molecule has 0 atom stereocenters. The zero-order valence-corrected chi connectivity index (χ0v) is 9.84. The first-order chi connectivity index (χ1) is 6.79. The maximum absolute atomic E-state index is 4.22. The molecule has 0 amide bonds. The molecule has 0 aliphatic heterocycles. The van der Waals surface area contributed by atoms with Crippen molar-refractivity contribution < 1.29 is 4.57 Å². The normalized spacial score (nSPS) is 10.1. The molecule has 0 aliphatic carbocycles. The zero-order chi connectivity index (χ0) is 9.97. The van der Waals surface area contributed by atoms with Gasteiger partial charge in [0.25, 0.3) is 3.70 Å². The van der Waals surface area contributed by atoms with Crippen molar-refractivity contribution in [2.75, 3.05) is 0 Å². The molecule has 2 heterocycles. The minimum atomic E-state index is 0.771. The first-order valence-corrected chi connectivity index (χ1v) is 5.28. The average molecular weight is 298 g/mol. The van der Waals surface area contributed by atoms with Crippen LogP contribution in [0, 0.1) is 3.70 Å². The Labute approximate surface area is 96.0 Å². The molecular formula is C10H9IN3+. The van der Waals surface area contributed by atoms with E-state index in [0.29, 0.717) is 0 Å². The first kappa shape index (κ1) is 9.51. The van der Waals surface area contributed by atoms with Gasteiger partial charge in [0.15, 0.2) is 12.0 Å². The molecule has 0 saturated carbocycles. The monoisotopic (exact) mass is 298 g/mol. The molecule has 2 aromatic heterocycles. The van der Waals surface area contributed by atoms with Crippen LogP contribution < -0.4 is 4.57 Å². The Hall–Kier alpha value is -1.04. The predicted octanol–water partition coefficient (Wildman–Crippen LogP) is 1.57. The lowest BCUT2D eigenvalue weighted by molar-refractivity contribution is -0.683. The van der Waals surface area contributed by atoms with Gasteiger partial charge in [0.1, 0.15) is 7.05 Å². The molecule has 0 saturated heterocycles. The number of halogens is 1. The molecule has 0 aromatic carbocycles. The Kier molecular flexibility index (Phi) is 2.72. The van der Waals surface area contributed by atoms with Crippen molar-refractivity contribution in [3.8, 4) is 11.4 Å². The second-order valence-electron chi connectivity index (χ2n) is 2.90. The van der Waals surface area contributed by atoms with E-state index in [1.54, 1.807) is 12.4 Å². The van der Waals surface area contributed by atoms with E-state index in [1.165, 1.54) is 0 Å². The Balaban J connectivity index is 2.58. The van der Waals surface area contributed by atoms with Gasteiger partial charge < -0.3 is 0 Å². The Bertz CT molecular complexity index is 442. The maximum atomic E-state index is 4.22. The van der Waals surface area contributed by atoms with Crippen molar-refractivity contribution in [3.63, 3.8) is 0 Å². The van der Waals surface area contributed by atoms with Crippen molar-refractivity contribution in [1.29, 1.82) is 0 Å². The third kappa shape index (κ3) is 1.75. The molecule has 0 N–H and O–H groups in total. The minimum Gasteiger partial charge on any atom is -0.236 e. The van der Waals surface area contributed by atoms with E-state index in [1.807, 2.05) is 36.0 Å². The molecule has 3 nitrogen and oxygen atoms in total. The summed E-state index contributed by atoms with van der Waals surface area (Å²) in [6.45, 7) is 0. The van der Waals surface area contributed by atoms with Crippen molar-refractivity contribution in [1.82, 2.24) is 9.97 Å². The highest BCUT2D eigenvalue weighted by atomic mass is 127. The lowest BCUT2D eigenvalue weighted by atomic mass is 10.2. The summed E-state index contributed by atoms with van der Waals surface area (Å²) in [5.41, 5.74) is 1.07. The predicted molar refractivity (Wildman–Crippen MR) is 61.4 cm³/mol. The van der Waals surface area contributed by atoms with Crippen LogP contribution in [0.4, 0.5) is 0 Å². The topological polar surface area (TPSA) is 29.7 Å². The smallest absolute Gasteiger partial charge is 0.236 e. The van der Waals surface area contributed by atoms with E-state index in [-0.39, 0.29) is 0 Å². The van der Waals surface area contributed by atoms with Crippen molar-refractivity contribution in [2.45, 2.75) is 0 Å². The SMILES string of the molecule is C[n+]1cccc(-c2ncccn2)c1I. The summed E-state index contributed by atoms with van der Waals surface area (Å²) in [5, 5.41) is 0. The van der Waals surface area contributed by atoms with Gasteiger partial charge >= 0.3 is 0 Å². The third-order valence-electron chi connectivity index (χ3n) is 1.91. The van der Waals surface area contributed by atoms with Gasteiger partial charge in [-0.1, -0.05) is 0 Å². The van der Waals surface area contributed by atoms with Gasteiger partial charge in [-0.2, -0.15) is 4.57 Å². The summed E-state index contributed by atoms with van der Waals surface area (Å²) in [4.78, 5) is 8.44. The van der Waals surface area contributed by atoms with Gasteiger partial charge in [-0.05, 0) is 12.1 Å². The van der Waals surface area contributed by atoms with E-state index in [2.05, 4.69) is 32.6 Å². The lowest BCUT2D eigenvalue weighted by Gasteiger charge is -1.99. The second kappa shape index (κ2) is 4.00. The van der Waals surface area contributed by atoms with Gasteiger partial charge in [-0.3, -0.25) is 0 Å². The van der Waals surface area contributed by atoms with E-state index >= 15 is 0 Å². The first-order valence-electron chi connectivity index (χ1n) is 4.20. The lowest BCUT2D eigenvalue weighted by Crippen LogP contribution is -2.32. The van der Waals surface area contributed by atoms with E-state index in [0.717, 1.165) is 15.1 Å². The van der Waals surface area contributed by atoms with Crippen LogP contribution in [0.1, 0.15) is 0 Å². The molecule has 0 unspecified atom stereocenters. The number of hydrogen-bond donors (Lipinski definition) is 0. The Morgan fingerprint density at radius 1 is 1.21 bits per heavy atom. The number of nitrogens with zero attached hydrogens (tertiary/aromatic N) is 3. The van der Waals surface area contributed by atoms with Gasteiger partial charge in [-0.25, -0.2) is 9.97 Å². The summed E-state index contributed by atoms with van der Waals surface area (Å²) in [6.07, 6.45) is 5.52. The van der Waals surface area contributed by atoms with Crippen LogP contribution in [0.5, 0.6) is 0 Å². The summed E-state index contributed by atoms with van der Waals surface area (Å²) < 4.78 is 3.18. The number of pyridine rings is 1. The zero-order valence-electron chi connectivity index (χ0n) is 7.68. The molecule has 14 heavy (non-hydrogen) atoms. The van der Waals surface area contributed by atoms with Gasteiger partial charge in [0.05, 0.1) is 5.56 Å². The molecule has 4 heteroatoms. The maximum Gasteiger partial charge on any atom is 0.252 e. The van der Waals surface area contributed by atoms with E-state index in [4.69, 9.17) is 0 Å². The molecule has 0 spiro atoms. The quantitative estimate of drug-likeness (QED) is 0.454. The molecule has 0 radical (unpaired) electrons. The summed E-state index contributed by atoms with van der Waals surface area (Å²) in [7, 11) is 2.01. The van der Waals surface area contributed by atoms with Crippen LogP contribution in [0.15, 0.2) is 36.8 Å². The highest BCUT2D eigenvalue weighted by molar-refractivity contribution is 14.1. The second-order valence-corrected chi connectivity index (χ2v) is 3.92. The molecule has 0 fully saturated rings. The van der Waals surface area contributed by atoms with Crippen molar-refractivity contribution in [2.24, 2.45) is 7.05 Å². The molecule has 0 aliphatic rings. The molecule has 2 aromatic rings. The van der Waals surface area contributed by atoms with Gasteiger partial charge in [0.2, 0.25) is 0 Å². The average Bonchev–Trinajstić information content (AvgIpc) is 2.23. The molecule has 2 rings (SSSR count). The molecule has 70 valence electrons. The van der Waals surface area contributed by atoms with Crippen LogP contribution in [-0.2, 0) is 7.05 Å². The summed E-state index contributed by atoms with van der Waals surface area (Å²) >= 11 is 2.29. The Morgan fingerprint density at radius 2 is 1.93 bits per heavy atom. The van der Waals surface area contributed by atoms with Crippen LogP contribution >= 0.6 is 22.6 Å². The summed E-state index contributed by atoms with van der Waals surface area (Å²) in [5.74, 6) is 0.771. The van der Waals surface area contributed by atoms with E-state index in [9.17, 15) is 0 Å². The van der Waals surface area contributed by atoms with Gasteiger partial charge in [-0.15, -0.1) is 0 Å². The van der Waals surface area contributed by atoms with Crippen LogP contribution in [0.2, 0.25) is 0 Å². The fraction of sp³-hybridized carbons (Fsp3) is 0.100. The third-order valence-corrected chi connectivity index (χ3v) is 3.25. The fourth-order valence-corrected chi connectivity index (χ4v) is 1.78. The number of aromatic nitrogens is 3. The summed E-state index contributed by atoms with van der Waals surface area (Å²) in [6, 6.07) is 5.84. The van der Waals surface area contributed by atoms with Crippen LogP contribution in [0.3, 0.4) is 0 Å². The highest BCUT2D eigenvalue weighted by Gasteiger charge is 2.12. The van der Waals surface area contributed by atoms with E-state index < -0.39 is 0 Å². The van der Waals surface area contributed by atoms with Gasteiger partial charge in [0, 0.05) is 41.1 Å². The van der Waals surface area contributed by atoms with Crippen molar-refractivity contribution in [3.05, 3.63) is 40.5 Å². The van der Waals surface area contributed by atoms with Crippen LogP contribution in [0.25, 0.3) is 11.4 Å². The molecular weight excluding hydrogens is 289 g/mol. The van der Waals surface area contributed by atoms with Crippen LogP contribution in [-0.4, -0.2) is 9.97 Å². The standard InChI is InChI=1S/C10H9IN3/c1-14-7-2-4-8(9(14)11)10-12-5-3-6-13-10/h2-7H,1H3/q+1. The fourth-order valence-electron chi connectivity index (χ4n) is 1.20. The minimum absolute atomic E-state index is 0.771. The Morgan fingerprint density at radius 3 is 2.64 bits per heavy atom. The molecule has 0 bridgehead atoms. The number of hydrogen-bond acceptors (Lipinski definition) is 2.